The van der Waals surface area contributed by atoms with Gasteiger partial charge in [-0.15, -0.1) is 11.3 Å². The van der Waals surface area contributed by atoms with E-state index >= 15 is 0 Å². The molecule has 0 aliphatic rings. The number of imidazole rings is 1. The van der Waals surface area contributed by atoms with Crippen molar-refractivity contribution < 1.29 is 4.74 Å². The number of rotatable bonds is 7. The van der Waals surface area contributed by atoms with Crippen molar-refractivity contribution in [3.05, 3.63) is 87.2 Å². The summed E-state index contributed by atoms with van der Waals surface area (Å²) in [6, 6.07) is 19.8. The van der Waals surface area contributed by atoms with E-state index < -0.39 is 0 Å². The molecule has 0 saturated heterocycles. The highest BCUT2D eigenvalue weighted by Crippen LogP contribution is 2.29. The summed E-state index contributed by atoms with van der Waals surface area (Å²) in [6.45, 7) is 0.500. The normalized spacial score (nSPS) is 11.1. The van der Waals surface area contributed by atoms with Crippen molar-refractivity contribution >= 4 is 39.9 Å². The minimum Gasteiger partial charge on any atom is -0.489 e. The number of nitrogens with one attached hydrogen (secondary N) is 1. The lowest BCUT2D eigenvalue weighted by atomic mass is 10.1. The Balaban J connectivity index is 1.36. The molecule has 3 aromatic heterocycles. The highest BCUT2D eigenvalue weighted by atomic mass is 35.5. The van der Waals surface area contributed by atoms with Crippen LogP contribution in [0.25, 0.3) is 22.7 Å². The van der Waals surface area contributed by atoms with E-state index in [1.165, 1.54) is 0 Å². The molecule has 5 rings (SSSR count). The molecule has 3 heterocycles. The standard InChI is InChI=1S/C25H22ClN5OS/c1-31(2)22-11-9-19-24(29-22)30-25(28-19)20-15-33-23(27-20)13-17-12-18(26)8-10-21(17)32-14-16-6-4-3-5-7-16/h3-12,15H,13-14H2,1-2H3,(H,28,29,30). The molecule has 0 fully saturated rings. The van der Waals surface area contributed by atoms with Crippen LogP contribution in [0.5, 0.6) is 5.75 Å². The van der Waals surface area contributed by atoms with E-state index in [9.17, 15) is 0 Å². The maximum Gasteiger partial charge on any atom is 0.180 e. The summed E-state index contributed by atoms with van der Waals surface area (Å²) >= 11 is 7.87. The van der Waals surface area contributed by atoms with Gasteiger partial charge in [0.1, 0.15) is 23.9 Å². The number of aromatic nitrogens is 4. The predicted octanol–water partition coefficient (Wildman–Crippen LogP) is 5.97. The first-order valence-corrected chi connectivity index (χ1v) is 11.7. The molecule has 0 radical (unpaired) electrons. The fraction of sp³-hybridized carbons (Fsp3) is 0.160. The van der Waals surface area contributed by atoms with Crippen molar-refractivity contribution in [1.29, 1.82) is 0 Å². The van der Waals surface area contributed by atoms with Crippen LogP contribution in [0.3, 0.4) is 0 Å². The molecule has 6 nitrogen and oxygen atoms in total. The summed E-state index contributed by atoms with van der Waals surface area (Å²) in [5, 5.41) is 3.64. The van der Waals surface area contributed by atoms with Crippen LogP contribution in [-0.2, 0) is 13.0 Å². The Labute approximate surface area is 200 Å². The Morgan fingerprint density at radius 3 is 2.67 bits per heavy atom. The Hall–Kier alpha value is -3.42. The van der Waals surface area contributed by atoms with Crippen LogP contribution in [0.2, 0.25) is 5.02 Å². The summed E-state index contributed by atoms with van der Waals surface area (Å²) in [4.78, 5) is 19.3. The summed E-state index contributed by atoms with van der Waals surface area (Å²) in [6.07, 6.45) is 0.624. The third-order valence-corrected chi connectivity index (χ3v) is 6.27. The lowest BCUT2D eigenvalue weighted by Gasteiger charge is -2.11. The van der Waals surface area contributed by atoms with Gasteiger partial charge in [0.05, 0.1) is 10.5 Å². The van der Waals surface area contributed by atoms with Gasteiger partial charge in [0.15, 0.2) is 11.5 Å². The van der Waals surface area contributed by atoms with Crippen molar-refractivity contribution in [2.45, 2.75) is 13.0 Å². The van der Waals surface area contributed by atoms with E-state index in [1.807, 2.05) is 85.0 Å². The molecule has 0 bridgehead atoms. The number of halogens is 1. The lowest BCUT2D eigenvalue weighted by Crippen LogP contribution is -2.10. The van der Waals surface area contributed by atoms with Crippen LogP contribution >= 0.6 is 22.9 Å². The minimum absolute atomic E-state index is 0.500. The average molecular weight is 476 g/mol. The Morgan fingerprint density at radius 2 is 1.85 bits per heavy atom. The van der Waals surface area contributed by atoms with Crippen molar-refractivity contribution in [3.63, 3.8) is 0 Å². The van der Waals surface area contributed by atoms with Gasteiger partial charge in [-0.1, -0.05) is 41.9 Å². The summed E-state index contributed by atoms with van der Waals surface area (Å²) in [5.74, 6) is 2.38. The number of H-pyrrole nitrogens is 1. The van der Waals surface area contributed by atoms with Gasteiger partial charge in [-0.25, -0.2) is 15.0 Å². The number of nitrogens with zero attached hydrogens (tertiary/aromatic N) is 4. The summed E-state index contributed by atoms with van der Waals surface area (Å²) in [5.41, 5.74) is 4.48. The number of benzene rings is 2. The lowest BCUT2D eigenvalue weighted by molar-refractivity contribution is 0.303. The van der Waals surface area contributed by atoms with Gasteiger partial charge in [-0.2, -0.15) is 0 Å². The van der Waals surface area contributed by atoms with Crippen LogP contribution in [0.1, 0.15) is 16.1 Å². The van der Waals surface area contributed by atoms with Crippen LogP contribution < -0.4 is 9.64 Å². The fourth-order valence-corrected chi connectivity index (χ4v) is 4.48. The molecule has 0 atom stereocenters. The molecule has 0 amide bonds. The zero-order valence-electron chi connectivity index (χ0n) is 18.2. The second-order valence-corrected chi connectivity index (χ2v) is 9.23. The van der Waals surface area contributed by atoms with Crippen molar-refractivity contribution in [1.82, 2.24) is 19.9 Å². The molecule has 0 aliphatic carbocycles. The third-order valence-electron chi connectivity index (χ3n) is 5.19. The number of thiazole rings is 1. The van der Waals surface area contributed by atoms with Gasteiger partial charge in [-0.05, 0) is 35.9 Å². The SMILES string of the molecule is CN(C)c1ccc2[nH]c(-c3csc(Cc4cc(Cl)ccc4OCc4ccccc4)n3)nc2n1. The molecule has 0 aliphatic heterocycles. The van der Waals surface area contributed by atoms with Gasteiger partial charge >= 0.3 is 0 Å². The largest absolute Gasteiger partial charge is 0.489 e. The van der Waals surface area contributed by atoms with Crippen LogP contribution in [0.15, 0.2) is 66.0 Å². The fourth-order valence-electron chi connectivity index (χ4n) is 3.48. The second kappa shape index (κ2) is 9.21. The van der Waals surface area contributed by atoms with E-state index in [4.69, 9.17) is 21.3 Å². The highest BCUT2D eigenvalue weighted by Gasteiger charge is 2.14. The van der Waals surface area contributed by atoms with Gasteiger partial charge in [-0.3, -0.25) is 0 Å². The number of aromatic amines is 1. The highest BCUT2D eigenvalue weighted by molar-refractivity contribution is 7.10. The van der Waals surface area contributed by atoms with E-state index in [0.717, 1.165) is 38.9 Å². The number of hydrogen-bond donors (Lipinski definition) is 1. The van der Waals surface area contributed by atoms with Gasteiger partial charge in [0.2, 0.25) is 0 Å². The molecule has 0 unspecified atom stereocenters. The van der Waals surface area contributed by atoms with Gasteiger partial charge < -0.3 is 14.6 Å². The van der Waals surface area contributed by atoms with Crippen LogP contribution in [-0.4, -0.2) is 34.0 Å². The van der Waals surface area contributed by atoms with Crippen LogP contribution in [0.4, 0.5) is 5.82 Å². The number of pyridine rings is 1. The monoisotopic (exact) mass is 475 g/mol. The summed E-state index contributed by atoms with van der Waals surface area (Å²) < 4.78 is 6.10. The molecule has 5 aromatic rings. The smallest absolute Gasteiger partial charge is 0.180 e. The zero-order chi connectivity index (χ0) is 22.8. The quantitative estimate of drug-likeness (QED) is 0.314. The van der Waals surface area contributed by atoms with Gasteiger partial charge in [0, 0.05) is 36.5 Å². The first-order chi connectivity index (χ1) is 16.0. The molecule has 0 spiro atoms. The van der Waals surface area contributed by atoms with E-state index in [-0.39, 0.29) is 0 Å². The average Bonchev–Trinajstić information content (AvgIpc) is 3.45. The molecular formula is C25H22ClN5OS. The third kappa shape index (κ3) is 4.84. The number of anilines is 1. The van der Waals surface area contributed by atoms with Crippen molar-refractivity contribution in [2.75, 3.05) is 19.0 Å². The minimum atomic E-state index is 0.500. The van der Waals surface area contributed by atoms with E-state index in [0.29, 0.717) is 29.5 Å². The zero-order valence-corrected chi connectivity index (χ0v) is 19.8. The summed E-state index contributed by atoms with van der Waals surface area (Å²) in [7, 11) is 3.92. The maximum atomic E-state index is 6.28. The Morgan fingerprint density at radius 1 is 1.00 bits per heavy atom. The van der Waals surface area contributed by atoms with Crippen molar-refractivity contribution in [3.8, 4) is 17.3 Å². The van der Waals surface area contributed by atoms with Crippen molar-refractivity contribution in [2.24, 2.45) is 0 Å². The molecule has 1 N–H and O–H groups in total. The Bertz CT molecular complexity index is 1400. The molecule has 8 heteroatoms. The maximum absolute atomic E-state index is 6.28. The number of fused-ring (bicyclic) bond motifs is 1. The van der Waals surface area contributed by atoms with E-state index in [2.05, 4.69) is 15.0 Å². The topological polar surface area (TPSA) is 66.9 Å². The number of hydrogen-bond acceptors (Lipinski definition) is 6. The molecular weight excluding hydrogens is 454 g/mol. The number of ether oxygens (including phenoxy) is 1. The van der Waals surface area contributed by atoms with E-state index in [1.54, 1.807) is 11.3 Å². The Kier molecular flexibility index (Phi) is 5.98. The van der Waals surface area contributed by atoms with Gasteiger partial charge in [0.25, 0.3) is 0 Å². The first-order valence-electron chi connectivity index (χ1n) is 10.5. The van der Waals surface area contributed by atoms with Crippen LogP contribution in [0, 0.1) is 0 Å². The molecule has 2 aromatic carbocycles. The molecule has 33 heavy (non-hydrogen) atoms. The molecule has 0 saturated carbocycles. The first kappa shape index (κ1) is 21.4. The predicted molar refractivity (Wildman–Crippen MR) is 134 cm³/mol. The molecule has 166 valence electrons. The second-order valence-electron chi connectivity index (χ2n) is 7.85.